The van der Waals surface area contributed by atoms with Gasteiger partial charge in [0, 0.05) is 6.54 Å². The van der Waals surface area contributed by atoms with Gasteiger partial charge in [0.15, 0.2) is 5.13 Å². The van der Waals surface area contributed by atoms with Crippen LogP contribution in [0.4, 0.5) is 5.13 Å². The van der Waals surface area contributed by atoms with Crippen molar-refractivity contribution in [1.82, 2.24) is 4.98 Å². The van der Waals surface area contributed by atoms with Gasteiger partial charge < -0.3 is 5.32 Å². The highest BCUT2D eigenvalue weighted by atomic mass is 35.5. The number of hydrogen-bond acceptors (Lipinski definition) is 3. The lowest BCUT2D eigenvalue weighted by molar-refractivity contribution is 0.804. The summed E-state index contributed by atoms with van der Waals surface area (Å²) < 4.78 is 1.05. The van der Waals surface area contributed by atoms with E-state index in [1.807, 2.05) is 24.3 Å². The van der Waals surface area contributed by atoms with E-state index in [1.54, 1.807) is 11.3 Å². The molecule has 4 heteroatoms. The molecule has 1 N–H and O–H groups in total. The normalized spacial score (nSPS) is 12.5. The molecule has 0 amide bonds. The van der Waals surface area contributed by atoms with Crippen LogP contribution in [0.1, 0.15) is 18.4 Å². The van der Waals surface area contributed by atoms with Gasteiger partial charge in [0.1, 0.15) is 0 Å². The number of aromatic nitrogens is 1. The van der Waals surface area contributed by atoms with Crippen molar-refractivity contribution in [1.29, 1.82) is 0 Å². The van der Waals surface area contributed by atoms with E-state index in [2.05, 4.69) is 41.5 Å². The van der Waals surface area contributed by atoms with Crippen LogP contribution in [0.5, 0.6) is 0 Å². The zero-order chi connectivity index (χ0) is 13.9. The molecule has 0 saturated heterocycles. The molecule has 0 fully saturated rings. The van der Waals surface area contributed by atoms with Crippen LogP contribution in [0, 0.1) is 0 Å². The van der Waals surface area contributed by atoms with Crippen molar-refractivity contribution in [2.45, 2.75) is 12.8 Å². The Bertz CT molecular complexity index is 709. The highest BCUT2D eigenvalue weighted by Crippen LogP contribution is 2.32. The highest BCUT2D eigenvalue weighted by Gasteiger charge is 2.09. The first-order valence-corrected chi connectivity index (χ1v) is 7.77. The number of halogens is 1. The van der Waals surface area contributed by atoms with Crippen LogP contribution in [0.15, 0.2) is 48.5 Å². The quantitative estimate of drug-likeness (QED) is 0.719. The molecule has 0 bridgehead atoms. The summed E-state index contributed by atoms with van der Waals surface area (Å²) in [5.74, 6) is 0.443. The smallest absolute Gasteiger partial charge is 0.183 e. The van der Waals surface area contributed by atoms with E-state index in [1.165, 1.54) is 5.56 Å². The summed E-state index contributed by atoms with van der Waals surface area (Å²) in [6.45, 7) is 3.07. The lowest BCUT2D eigenvalue weighted by Crippen LogP contribution is -2.09. The zero-order valence-corrected chi connectivity index (χ0v) is 12.7. The number of thiazole rings is 1. The lowest BCUT2D eigenvalue weighted by atomic mass is 10.0. The third-order valence-electron chi connectivity index (χ3n) is 3.30. The molecule has 0 radical (unpaired) electrons. The Hall–Kier alpha value is -1.58. The Kier molecular flexibility index (Phi) is 3.90. The third-order valence-corrected chi connectivity index (χ3v) is 4.78. The van der Waals surface area contributed by atoms with E-state index in [4.69, 9.17) is 11.6 Å². The second-order valence-electron chi connectivity index (χ2n) is 4.80. The minimum atomic E-state index is 0.443. The maximum absolute atomic E-state index is 6.17. The first-order valence-electron chi connectivity index (χ1n) is 6.58. The minimum Gasteiger partial charge on any atom is -0.361 e. The van der Waals surface area contributed by atoms with Crippen LogP contribution in [0.25, 0.3) is 10.2 Å². The van der Waals surface area contributed by atoms with Gasteiger partial charge in [-0.25, -0.2) is 4.98 Å². The second-order valence-corrected chi connectivity index (χ2v) is 6.21. The average Bonchev–Trinajstić information content (AvgIpc) is 2.90. The molecule has 0 aliphatic heterocycles. The fourth-order valence-corrected chi connectivity index (χ4v) is 3.29. The highest BCUT2D eigenvalue weighted by molar-refractivity contribution is 7.22. The molecule has 1 atom stereocenters. The van der Waals surface area contributed by atoms with Crippen LogP contribution in [-0.4, -0.2) is 11.5 Å². The maximum Gasteiger partial charge on any atom is 0.183 e. The van der Waals surface area contributed by atoms with E-state index < -0.39 is 0 Å². The van der Waals surface area contributed by atoms with E-state index in [-0.39, 0.29) is 0 Å². The van der Waals surface area contributed by atoms with E-state index in [0.29, 0.717) is 5.92 Å². The first kappa shape index (κ1) is 13.4. The van der Waals surface area contributed by atoms with Gasteiger partial charge in [-0.05, 0) is 23.6 Å². The molecular weight excluding hydrogens is 288 g/mol. The Morgan fingerprint density at radius 1 is 1.15 bits per heavy atom. The summed E-state index contributed by atoms with van der Waals surface area (Å²) in [6, 6.07) is 16.3. The number of nitrogens with zero attached hydrogens (tertiary/aromatic N) is 1. The van der Waals surface area contributed by atoms with Crippen molar-refractivity contribution < 1.29 is 0 Å². The number of nitrogens with one attached hydrogen (secondary N) is 1. The first-order chi connectivity index (χ1) is 9.74. The van der Waals surface area contributed by atoms with Crippen molar-refractivity contribution in [2.75, 3.05) is 11.9 Å². The lowest BCUT2D eigenvalue weighted by Gasteiger charge is -2.11. The Balaban J connectivity index is 1.72. The number of fused-ring (bicyclic) bond motifs is 1. The van der Waals surface area contributed by atoms with Crippen LogP contribution in [0.2, 0.25) is 5.02 Å². The van der Waals surface area contributed by atoms with E-state index in [0.717, 1.165) is 26.9 Å². The van der Waals surface area contributed by atoms with Crippen LogP contribution in [-0.2, 0) is 0 Å². The minimum absolute atomic E-state index is 0.443. The van der Waals surface area contributed by atoms with E-state index >= 15 is 0 Å². The van der Waals surface area contributed by atoms with Crippen LogP contribution >= 0.6 is 22.9 Å². The summed E-state index contributed by atoms with van der Waals surface area (Å²) in [7, 11) is 0. The average molecular weight is 303 g/mol. The van der Waals surface area contributed by atoms with Crippen molar-refractivity contribution in [3.8, 4) is 0 Å². The van der Waals surface area contributed by atoms with Crippen molar-refractivity contribution in [3.63, 3.8) is 0 Å². The van der Waals surface area contributed by atoms with Gasteiger partial charge in [0.25, 0.3) is 0 Å². The van der Waals surface area contributed by atoms with Crippen LogP contribution < -0.4 is 5.32 Å². The molecule has 1 unspecified atom stereocenters. The summed E-state index contributed by atoms with van der Waals surface area (Å²) in [5.41, 5.74) is 2.29. The topological polar surface area (TPSA) is 24.9 Å². The molecule has 0 aliphatic carbocycles. The summed E-state index contributed by atoms with van der Waals surface area (Å²) >= 11 is 7.78. The molecule has 20 heavy (non-hydrogen) atoms. The monoisotopic (exact) mass is 302 g/mol. The van der Waals surface area contributed by atoms with Gasteiger partial charge in [-0.3, -0.25) is 0 Å². The molecule has 1 aromatic heterocycles. The molecule has 0 saturated carbocycles. The van der Waals surface area contributed by atoms with Gasteiger partial charge in [-0.2, -0.15) is 0 Å². The number of rotatable bonds is 4. The Morgan fingerprint density at radius 2 is 1.95 bits per heavy atom. The molecular formula is C16H15ClN2S. The predicted octanol–water partition coefficient (Wildman–Crippen LogP) is 5.17. The van der Waals surface area contributed by atoms with Gasteiger partial charge in [0.2, 0.25) is 0 Å². The standard InChI is InChI=1S/C16H15ClN2S/c1-11(12-6-3-2-4-7-12)10-18-16-19-14-9-5-8-13(17)15(14)20-16/h2-9,11H,10H2,1H3,(H,18,19). The van der Waals surface area contributed by atoms with Gasteiger partial charge in [0.05, 0.1) is 15.2 Å². The third kappa shape index (κ3) is 2.79. The largest absolute Gasteiger partial charge is 0.361 e. The zero-order valence-electron chi connectivity index (χ0n) is 11.1. The van der Waals surface area contributed by atoms with Crippen LogP contribution in [0.3, 0.4) is 0 Å². The Morgan fingerprint density at radius 3 is 2.70 bits per heavy atom. The molecule has 0 spiro atoms. The van der Waals surface area contributed by atoms with Crippen molar-refractivity contribution in [2.24, 2.45) is 0 Å². The fourth-order valence-electron chi connectivity index (χ4n) is 2.13. The van der Waals surface area contributed by atoms with Crippen molar-refractivity contribution >= 4 is 38.3 Å². The molecule has 102 valence electrons. The summed E-state index contributed by atoms with van der Waals surface area (Å²) in [5, 5.41) is 5.10. The van der Waals surface area contributed by atoms with E-state index in [9.17, 15) is 0 Å². The Labute approximate surface area is 127 Å². The molecule has 2 nitrogen and oxygen atoms in total. The fraction of sp³-hybridized carbons (Fsp3) is 0.188. The number of anilines is 1. The molecule has 3 rings (SSSR count). The van der Waals surface area contributed by atoms with Gasteiger partial charge >= 0.3 is 0 Å². The molecule has 3 aromatic rings. The second kappa shape index (κ2) is 5.81. The maximum atomic E-state index is 6.17. The summed E-state index contributed by atoms with van der Waals surface area (Å²) in [4.78, 5) is 4.56. The molecule has 2 aromatic carbocycles. The van der Waals surface area contributed by atoms with Crippen molar-refractivity contribution in [3.05, 3.63) is 59.1 Å². The predicted molar refractivity (Wildman–Crippen MR) is 88.0 cm³/mol. The number of hydrogen-bond donors (Lipinski definition) is 1. The SMILES string of the molecule is CC(CNc1nc2cccc(Cl)c2s1)c1ccccc1. The van der Waals surface area contributed by atoms with Gasteiger partial charge in [-0.15, -0.1) is 0 Å². The molecule has 0 aliphatic rings. The van der Waals surface area contributed by atoms with Gasteiger partial charge in [-0.1, -0.05) is 66.3 Å². The summed E-state index contributed by atoms with van der Waals surface area (Å²) in [6.07, 6.45) is 0. The molecule has 1 heterocycles. The number of benzene rings is 2.